The first-order valence-corrected chi connectivity index (χ1v) is 10.3. The Kier molecular flexibility index (Phi) is 5.40. The summed E-state index contributed by atoms with van der Waals surface area (Å²) in [5, 5.41) is 0. The predicted molar refractivity (Wildman–Crippen MR) is 118 cm³/mol. The van der Waals surface area contributed by atoms with Gasteiger partial charge in [0.2, 0.25) is 6.79 Å². The molecule has 0 spiro atoms. The van der Waals surface area contributed by atoms with Crippen molar-refractivity contribution in [1.82, 2.24) is 4.57 Å². The van der Waals surface area contributed by atoms with Gasteiger partial charge in [0.25, 0.3) is 5.91 Å². The van der Waals surface area contributed by atoms with Crippen LogP contribution in [0.15, 0.2) is 48.5 Å². The molecule has 0 atom stereocenters. The van der Waals surface area contributed by atoms with E-state index in [4.69, 9.17) is 15.2 Å². The zero-order valence-corrected chi connectivity index (χ0v) is 17.6. The average Bonchev–Trinajstić information content (AvgIpc) is 3.34. The molecule has 0 saturated heterocycles. The number of carbonyl (C=O) groups is 1. The lowest BCUT2D eigenvalue weighted by atomic mass is 10.1. The van der Waals surface area contributed by atoms with Crippen molar-refractivity contribution in [3.05, 3.63) is 65.4 Å². The minimum atomic E-state index is -0.419. The summed E-state index contributed by atoms with van der Waals surface area (Å²) >= 11 is 0. The highest BCUT2D eigenvalue weighted by Crippen LogP contribution is 2.34. The molecule has 1 aliphatic rings. The number of fused-ring (bicyclic) bond motifs is 1. The van der Waals surface area contributed by atoms with Crippen molar-refractivity contribution in [2.24, 2.45) is 5.73 Å². The molecular weight excluding hydrogens is 378 g/mol. The lowest BCUT2D eigenvalue weighted by Gasteiger charge is -2.21. The summed E-state index contributed by atoms with van der Waals surface area (Å²) in [5.41, 5.74) is 11.3. The molecule has 0 aliphatic carbocycles. The fourth-order valence-electron chi connectivity index (χ4n) is 3.99. The number of rotatable bonds is 7. The molecule has 0 unspecified atom stereocenters. The monoisotopic (exact) mass is 405 g/mol. The molecule has 0 bridgehead atoms. The van der Waals surface area contributed by atoms with Crippen molar-refractivity contribution in [2.45, 2.75) is 27.3 Å². The highest BCUT2D eigenvalue weighted by atomic mass is 16.7. The Labute approximate surface area is 176 Å². The lowest BCUT2D eigenvalue weighted by molar-refractivity contribution is 0.0999. The molecule has 30 heavy (non-hydrogen) atoms. The fourth-order valence-corrected chi connectivity index (χ4v) is 3.99. The molecule has 3 aromatic rings. The maximum absolute atomic E-state index is 12.0. The number of nitrogens with two attached hydrogens (primary N) is 1. The minimum absolute atomic E-state index is 0.247. The Morgan fingerprint density at radius 2 is 1.73 bits per heavy atom. The van der Waals surface area contributed by atoms with E-state index in [2.05, 4.69) is 47.6 Å². The number of nitrogens with zero attached hydrogens (tertiary/aromatic N) is 2. The van der Waals surface area contributed by atoms with Crippen LogP contribution in [-0.4, -0.2) is 30.4 Å². The maximum atomic E-state index is 12.0. The van der Waals surface area contributed by atoms with E-state index in [1.165, 1.54) is 5.69 Å². The van der Waals surface area contributed by atoms with Crippen LogP contribution in [0.1, 0.15) is 35.5 Å². The molecule has 6 heteroatoms. The van der Waals surface area contributed by atoms with E-state index in [1.54, 1.807) is 0 Å². The number of hydrogen-bond donors (Lipinski definition) is 1. The first kappa shape index (κ1) is 19.9. The van der Waals surface area contributed by atoms with Gasteiger partial charge in [-0.25, -0.2) is 0 Å². The SMILES string of the molecule is CCN(CC)c1ccc(-c2cc(C(N)=O)c(C)n2Cc2ccc3c(c2)OCO3)cc1. The molecule has 1 aromatic heterocycles. The molecule has 4 rings (SSSR count). The molecular formula is C24H27N3O3. The Morgan fingerprint density at radius 1 is 1.03 bits per heavy atom. The molecule has 1 aliphatic heterocycles. The zero-order chi connectivity index (χ0) is 21.3. The largest absolute Gasteiger partial charge is 0.454 e. The maximum Gasteiger partial charge on any atom is 0.250 e. The summed E-state index contributed by atoms with van der Waals surface area (Å²) in [6, 6.07) is 16.3. The predicted octanol–water partition coefficient (Wildman–Crippen LogP) is 4.19. The van der Waals surface area contributed by atoms with E-state index < -0.39 is 5.91 Å². The van der Waals surface area contributed by atoms with Crippen LogP contribution in [0.5, 0.6) is 11.5 Å². The number of benzene rings is 2. The number of hydrogen-bond acceptors (Lipinski definition) is 4. The van der Waals surface area contributed by atoms with E-state index in [-0.39, 0.29) is 6.79 Å². The van der Waals surface area contributed by atoms with E-state index in [9.17, 15) is 4.79 Å². The van der Waals surface area contributed by atoms with Crippen molar-refractivity contribution < 1.29 is 14.3 Å². The number of anilines is 1. The second-order valence-corrected chi connectivity index (χ2v) is 7.39. The number of ether oxygens (including phenoxy) is 2. The highest BCUT2D eigenvalue weighted by Gasteiger charge is 2.19. The number of amides is 1. The Balaban J connectivity index is 1.72. The number of aromatic nitrogens is 1. The van der Waals surface area contributed by atoms with Gasteiger partial charge in [0.05, 0.1) is 5.56 Å². The highest BCUT2D eigenvalue weighted by molar-refractivity contribution is 5.95. The standard InChI is InChI=1S/C24H27N3O3/c1-4-26(5-2)19-9-7-18(8-10-19)21-13-20(24(25)28)16(3)27(21)14-17-6-11-22-23(12-17)30-15-29-22/h6-13H,4-5,14-15H2,1-3H3,(H2,25,28). The van der Waals surface area contributed by atoms with Crippen LogP contribution in [0.2, 0.25) is 0 Å². The van der Waals surface area contributed by atoms with Crippen LogP contribution in [0, 0.1) is 6.92 Å². The second kappa shape index (κ2) is 8.14. The molecule has 156 valence electrons. The van der Waals surface area contributed by atoms with Crippen molar-refractivity contribution in [3.63, 3.8) is 0 Å². The number of primary amides is 1. The van der Waals surface area contributed by atoms with Gasteiger partial charge in [-0.05, 0) is 62.2 Å². The fraction of sp³-hybridized carbons (Fsp3) is 0.292. The van der Waals surface area contributed by atoms with Gasteiger partial charge in [-0.1, -0.05) is 18.2 Å². The Bertz CT molecular complexity index is 1070. The van der Waals surface area contributed by atoms with Crippen LogP contribution in [0.3, 0.4) is 0 Å². The van der Waals surface area contributed by atoms with Gasteiger partial charge in [-0.3, -0.25) is 4.79 Å². The normalized spacial score (nSPS) is 12.2. The Hall–Kier alpha value is -3.41. The summed E-state index contributed by atoms with van der Waals surface area (Å²) in [5.74, 6) is 1.09. The third-order valence-corrected chi connectivity index (χ3v) is 5.70. The van der Waals surface area contributed by atoms with E-state index in [0.29, 0.717) is 12.1 Å². The van der Waals surface area contributed by atoms with Crippen LogP contribution in [-0.2, 0) is 6.54 Å². The van der Waals surface area contributed by atoms with Crippen molar-refractivity contribution >= 4 is 11.6 Å². The molecule has 6 nitrogen and oxygen atoms in total. The third kappa shape index (κ3) is 3.61. The molecule has 2 aromatic carbocycles. The van der Waals surface area contributed by atoms with E-state index in [1.807, 2.05) is 31.2 Å². The van der Waals surface area contributed by atoms with Crippen molar-refractivity contribution in [3.8, 4) is 22.8 Å². The quantitative estimate of drug-likeness (QED) is 0.640. The van der Waals surface area contributed by atoms with Gasteiger partial charge in [-0.2, -0.15) is 0 Å². The summed E-state index contributed by atoms with van der Waals surface area (Å²) in [6.45, 7) is 9.00. The molecule has 0 saturated carbocycles. The smallest absolute Gasteiger partial charge is 0.250 e. The zero-order valence-electron chi connectivity index (χ0n) is 17.6. The van der Waals surface area contributed by atoms with Gasteiger partial charge in [0, 0.05) is 36.7 Å². The van der Waals surface area contributed by atoms with Crippen molar-refractivity contribution in [2.75, 3.05) is 24.8 Å². The van der Waals surface area contributed by atoms with E-state index in [0.717, 1.165) is 47.1 Å². The van der Waals surface area contributed by atoms with Crippen LogP contribution in [0.4, 0.5) is 5.69 Å². The first-order valence-electron chi connectivity index (χ1n) is 10.3. The summed E-state index contributed by atoms with van der Waals surface area (Å²) < 4.78 is 13.1. The lowest BCUT2D eigenvalue weighted by Crippen LogP contribution is -2.21. The Morgan fingerprint density at radius 3 is 2.40 bits per heavy atom. The molecule has 1 amide bonds. The van der Waals surface area contributed by atoms with Crippen molar-refractivity contribution in [1.29, 1.82) is 0 Å². The summed E-state index contributed by atoms with van der Waals surface area (Å²) in [7, 11) is 0. The van der Waals surface area contributed by atoms with Crippen LogP contribution in [0.25, 0.3) is 11.3 Å². The number of carbonyl (C=O) groups excluding carboxylic acids is 1. The first-order chi connectivity index (χ1) is 14.5. The molecule has 0 radical (unpaired) electrons. The van der Waals surface area contributed by atoms with Gasteiger partial charge >= 0.3 is 0 Å². The third-order valence-electron chi connectivity index (χ3n) is 5.70. The van der Waals surface area contributed by atoms with Gasteiger partial charge in [0.1, 0.15) is 0 Å². The molecule has 2 heterocycles. The van der Waals surface area contributed by atoms with E-state index >= 15 is 0 Å². The molecule has 2 N–H and O–H groups in total. The minimum Gasteiger partial charge on any atom is -0.454 e. The second-order valence-electron chi connectivity index (χ2n) is 7.39. The topological polar surface area (TPSA) is 69.7 Å². The van der Waals surface area contributed by atoms with Gasteiger partial charge < -0.3 is 24.7 Å². The van der Waals surface area contributed by atoms with Gasteiger partial charge in [0.15, 0.2) is 11.5 Å². The average molecular weight is 405 g/mol. The van der Waals surface area contributed by atoms with Crippen LogP contribution >= 0.6 is 0 Å². The summed E-state index contributed by atoms with van der Waals surface area (Å²) in [6.07, 6.45) is 0. The van der Waals surface area contributed by atoms with Gasteiger partial charge in [-0.15, -0.1) is 0 Å². The molecule has 0 fully saturated rings. The van der Waals surface area contributed by atoms with Crippen LogP contribution < -0.4 is 20.1 Å². The summed E-state index contributed by atoms with van der Waals surface area (Å²) in [4.78, 5) is 14.3.